The van der Waals surface area contributed by atoms with E-state index in [9.17, 15) is 0 Å². The van der Waals surface area contributed by atoms with E-state index in [-0.39, 0.29) is 0 Å². The molecule has 0 aliphatic carbocycles. The summed E-state index contributed by atoms with van der Waals surface area (Å²) in [6.45, 7) is 8.58. The van der Waals surface area contributed by atoms with E-state index in [0.717, 1.165) is 11.2 Å². The summed E-state index contributed by atoms with van der Waals surface area (Å²) in [6, 6.07) is 6.41. The van der Waals surface area contributed by atoms with Crippen LogP contribution >= 0.6 is 11.6 Å². The number of halogens is 1. The van der Waals surface area contributed by atoms with Gasteiger partial charge in [0.2, 0.25) is 0 Å². The van der Waals surface area contributed by atoms with E-state index in [0.29, 0.717) is 11.8 Å². The number of hydrogen-bond donors (Lipinski definition) is 0. The predicted molar refractivity (Wildman–Crippen MR) is 74.9 cm³/mol. The third-order valence-corrected chi connectivity index (χ3v) is 3.63. The molecule has 0 unspecified atom stereocenters. The fourth-order valence-corrected chi connectivity index (χ4v) is 2.25. The number of alkyl halides is 1. The highest BCUT2D eigenvalue weighted by molar-refractivity contribution is 6.18. The summed E-state index contributed by atoms with van der Waals surface area (Å²) >= 11 is 6.05. The first-order chi connectivity index (χ1) is 8.04. The van der Waals surface area contributed by atoms with Gasteiger partial charge in [-0.3, -0.25) is 4.98 Å². The van der Waals surface area contributed by atoms with Gasteiger partial charge in [-0.05, 0) is 42.5 Å². The van der Waals surface area contributed by atoms with Crippen molar-refractivity contribution in [3.8, 4) is 0 Å². The number of pyridine rings is 1. The topological polar surface area (TPSA) is 12.9 Å². The summed E-state index contributed by atoms with van der Waals surface area (Å²) < 4.78 is 0. The molecule has 0 aliphatic heterocycles. The molecule has 0 amide bonds. The maximum Gasteiger partial charge on any atom is 0.0740 e. The van der Waals surface area contributed by atoms with E-state index in [1.54, 1.807) is 0 Å². The number of fused-ring (bicyclic) bond motifs is 1. The van der Waals surface area contributed by atoms with Gasteiger partial charge in [-0.2, -0.15) is 0 Å². The Kier molecular flexibility index (Phi) is 3.39. The van der Waals surface area contributed by atoms with E-state index >= 15 is 0 Å². The summed E-state index contributed by atoms with van der Waals surface area (Å²) in [5.74, 6) is 0.975. The smallest absolute Gasteiger partial charge is 0.0740 e. The second-order valence-corrected chi connectivity index (χ2v) is 5.17. The molecule has 0 bridgehead atoms. The first-order valence-corrected chi connectivity index (χ1v) is 6.53. The normalized spacial score (nSPS) is 11.4. The van der Waals surface area contributed by atoms with Crippen LogP contribution in [0.2, 0.25) is 0 Å². The van der Waals surface area contributed by atoms with Crippen molar-refractivity contribution in [1.29, 1.82) is 0 Å². The first-order valence-electron chi connectivity index (χ1n) is 6.00. The summed E-state index contributed by atoms with van der Waals surface area (Å²) in [6.07, 6.45) is 0. The van der Waals surface area contributed by atoms with Crippen LogP contribution in [0.25, 0.3) is 10.9 Å². The zero-order chi connectivity index (χ0) is 12.6. The molecule has 0 fully saturated rings. The van der Waals surface area contributed by atoms with Crippen LogP contribution in [0.15, 0.2) is 18.2 Å². The molecule has 2 aromatic rings. The highest BCUT2D eigenvalue weighted by Crippen LogP contribution is 2.27. The zero-order valence-corrected chi connectivity index (χ0v) is 11.6. The molecule has 1 nitrogen and oxygen atoms in total. The van der Waals surface area contributed by atoms with Crippen molar-refractivity contribution < 1.29 is 0 Å². The van der Waals surface area contributed by atoms with Crippen molar-refractivity contribution in [2.24, 2.45) is 0 Å². The number of hydrogen-bond acceptors (Lipinski definition) is 1. The third-order valence-electron chi connectivity index (χ3n) is 3.35. The second-order valence-electron chi connectivity index (χ2n) is 4.90. The lowest BCUT2D eigenvalue weighted by atomic mass is 9.99. The van der Waals surface area contributed by atoms with Gasteiger partial charge < -0.3 is 0 Å². The van der Waals surface area contributed by atoms with Gasteiger partial charge in [0.1, 0.15) is 0 Å². The molecule has 0 N–H and O–H groups in total. The molecule has 1 aromatic carbocycles. The van der Waals surface area contributed by atoms with Crippen molar-refractivity contribution >= 4 is 22.5 Å². The van der Waals surface area contributed by atoms with Crippen LogP contribution in [-0.2, 0) is 5.88 Å². The number of rotatable bonds is 2. The molecule has 1 aromatic heterocycles. The number of aromatic nitrogens is 1. The lowest BCUT2D eigenvalue weighted by Gasteiger charge is -2.13. The lowest BCUT2D eigenvalue weighted by molar-refractivity contribution is 0.827. The van der Waals surface area contributed by atoms with Crippen LogP contribution in [0.5, 0.6) is 0 Å². The lowest BCUT2D eigenvalue weighted by Crippen LogP contribution is -1.98. The van der Waals surface area contributed by atoms with Gasteiger partial charge in [0.05, 0.1) is 5.52 Å². The summed E-state index contributed by atoms with van der Waals surface area (Å²) in [5.41, 5.74) is 5.96. The van der Waals surface area contributed by atoms with Gasteiger partial charge in [0.25, 0.3) is 0 Å². The largest absolute Gasteiger partial charge is 0.252 e. The Hall–Kier alpha value is -1.08. The molecular formula is C15H18ClN. The number of nitrogens with zero attached hydrogens (tertiary/aromatic N) is 1. The van der Waals surface area contributed by atoms with Crippen molar-refractivity contribution in [2.45, 2.75) is 39.5 Å². The summed E-state index contributed by atoms with van der Waals surface area (Å²) in [5, 5.41) is 1.19. The fraction of sp³-hybridized carbons (Fsp3) is 0.400. The predicted octanol–water partition coefficient (Wildman–Crippen LogP) is 4.71. The van der Waals surface area contributed by atoms with E-state index in [4.69, 9.17) is 16.6 Å². The van der Waals surface area contributed by atoms with Crippen LogP contribution in [0.1, 0.15) is 42.1 Å². The van der Waals surface area contributed by atoms with E-state index in [1.165, 1.54) is 22.1 Å². The standard InChI is InChI=1S/C15H18ClN/c1-9(2)14-7-12(8-16)13-6-5-10(3)11(4)15(13)17-14/h5-7,9H,8H2,1-4H3. The van der Waals surface area contributed by atoms with Gasteiger partial charge >= 0.3 is 0 Å². The Balaban J connectivity index is 2.83. The molecule has 2 heteroatoms. The highest BCUT2D eigenvalue weighted by atomic mass is 35.5. The molecule has 0 radical (unpaired) electrons. The Morgan fingerprint density at radius 2 is 1.94 bits per heavy atom. The van der Waals surface area contributed by atoms with Crippen LogP contribution < -0.4 is 0 Å². The molecular weight excluding hydrogens is 230 g/mol. The van der Waals surface area contributed by atoms with E-state index in [2.05, 4.69) is 45.9 Å². The molecule has 90 valence electrons. The minimum absolute atomic E-state index is 0.432. The number of aryl methyl sites for hydroxylation is 2. The average Bonchev–Trinajstić information content (AvgIpc) is 2.32. The van der Waals surface area contributed by atoms with Crippen molar-refractivity contribution in [3.63, 3.8) is 0 Å². The molecule has 0 atom stereocenters. The molecule has 0 saturated carbocycles. The minimum Gasteiger partial charge on any atom is -0.252 e. The molecule has 17 heavy (non-hydrogen) atoms. The van der Waals surface area contributed by atoms with Gasteiger partial charge in [-0.15, -0.1) is 11.6 Å². The maximum absolute atomic E-state index is 6.05. The SMILES string of the molecule is Cc1ccc2c(CCl)cc(C(C)C)nc2c1C. The van der Waals surface area contributed by atoms with Crippen LogP contribution in [0.3, 0.4) is 0 Å². The molecule has 0 spiro atoms. The molecule has 0 saturated heterocycles. The third kappa shape index (κ3) is 2.16. The van der Waals surface area contributed by atoms with Gasteiger partial charge in [-0.25, -0.2) is 0 Å². The van der Waals surface area contributed by atoms with Gasteiger partial charge in [0.15, 0.2) is 0 Å². The highest BCUT2D eigenvalue weighted by Gasteiger charge is 2.10. The monoisotopic (exact) mass is 247 g/mol. The van der Waals surface area contributed by atoms with E-state index < -0.39 is 0 Å². The minimum atomic E-state index is 0.432. The van der Waals surface area contributed by atoms with Gasteiger partial charge in [0, 0.05) is 17.0 Å². The molecule has 2 rings (SSSR count). The average molecular weight is 248 g/mol. The van der Waals surface area contributed by atoms with Crippen molar-refractivity contribution in [2.75, 3.05) is 0 Å². The van der Waals surface area contributed by atoms with Crippen LogP contribution in [0, 0.1) is 13.8 Å². The Morgan fingerprint density at radius 1 is 1.24 bits per heavy atom. The zero-order valence-electron chi connectivity index (χ0n) is 10.8. The first kappa shape index (κ1) is 12.4. The quantitative estimate of drug-likeness (QED) is 0.700. The molecule has 0 aliphatic rings. The Bertz CT molecular complexity index is 558. The maximum atomic E-state index is 6.05. The van der Waals surface area contributed by atoms with Crippen molar-refractivity contribution in [1.82, 2.24) is 4.98 Å². The van der Waals surface area contributed by atoms with E-state index in [1.807, 2.05) is 0 Å². The summed E-state index contributed by atoms with van der Waals surface area (Å²) in [7, 11) is 0. The van der Waals surface area contributed by atoms with Crippen LogP contribution in [-0.4, -0.2) is 4.98 Å². The van der Waals surface area contributed by atoms with Crippen molar-refractivity contribution in [3.05, 3.63) is 40.6 Å². The van der Waals surface area contributed by atoms with Crippen LogP contribution in [0.4, 0.5) is 0 Å². The Morgan fingerprint density at radius 3 is 2.53 bits per heavy atom. The molecule has 1 heterocycles. The Labute approximate surface area is 108 Å². The number of benzene rings is 1. The van der Waals surface area contributed by atoms with Gasteiger partial charge in [-0.1, -0.05) is 26.0 Å². The summed E-state index contributed by atoms with van der Waals surface area (Å²) in [4.78, 5) is 4.79. The second kappa shape index (κ2) is 4.66. The fourth-order valence-electron chi connectivity index (χ4n) is 2.03.